The largest absolute Gasteiger partial charge is 0.308 e. The van der Waals surface area contributed by atoms with E-state index < -0.39 is 0 Å². The van der Waals surface area contributed by atoms with E-state index in [0.717, 1.165) is 12.5 Å². The van der Waals surface area contributed by atoms with Crippen LogP contribution < -0.4 is 5.32 Å². The summed E-state index contributed by atoms with van der Waals surface area (Å²) in [7, 11) is 0. The van der Waals surface area contributed by atoms with Crippen molar-refractivity contribution < 1.29 is 0 Å². The van der Waals surface area contributed by atoms with Crippen LogP contribution in [0, 0.1) is 5.92 Å². The van der Waals surface area contributed by atoms with Crippen molar-refractivity contribution in [3.63, 3.8) is 0 Å². The van der Waals surface area contributed by atoms with Gasteiger partial charge in [-0.15, -0.1) is 0 Å². The maximum Gasteiger partial charge on any atom is 0.0476 e. The van der Waals surface area contributed by atoms with Crippen molar-refractivity contribution in [2.75, 3.05) is 13.1 Å². The summed E-state index contributed by atoms with van der Waals surface area (Å²) in [5, 5.41) is 3.87. The van der Waals surface area contributed by atoms with Crippen molar-refractivity contribution >= 4 is 0 Å². The van der Waals surface area contributed by atoms with E-state index >= 15 is 0 Å². The van der Waals surface area contributed by atoms with E-state index in [1.807, 2.05) is 0 Å². The fourth-order valence-electron chi connectivity index (χ4n) is 3.67. The first kappa shape index (κ1) is 14.1. The van der Waals surface area contributed by atoms with Crippen molar-refractivity contribution in [2.45, 2.75) is 57.7 Å². The number of hydrogen-bond donors (Lipinski definition) is 1. The average Bonchev–Trinajstić information content (AvgIpc) is 3.32. The van der Waals surface area contributed by atoms with Crippen LogP contribution in [0.4, 0.5) is 0 Å². The maximum absolute atomic E-state index is 3.87. The second kappa shape index (κ2) is 5.50. The normalized spacial score (nSPS) is 33.0. The molecule has 2 nitrogen and oxygen atoms in total. The van der Waals surface area contributed by atoms with Crippen LogP contribution in [0.15, 0.2) is 30.3 Å². The minimum Gasteiger partial charge on any atom is -0.308 e. The van der Waals surface area contributed by atoms with E-state index in [2.05, 4.69) is 61.3 Å². The highest BCUT2D eigenvalue weighted by atomic mass is 15.3. The smallest absolute Gasteiger partial charge is 0.0476 e. The van der Waals surface area contributed by atoms with Crippen molar-refractivity contribution in [3.8, 4) is 0 Å². The standard InChI is InChI=1S/C18H28N2/c1-4-14(2)20-13-18(3,16-10-11-16)19-12-17(20)15-8-6-5-7-9-15/h5-9,14,16-17,19H,4,10-13H2,1-3H3. The summed E-state index contributed by atoms with van der Waals surface area (Å²) in [4.78, 5) is 2.74. The van der Waals surface area contributed by atoms with E-state index in [-0.39, 0.29) is 0 Å². The first-order chi connectivity index (χ1) is 9.64. The fraction of sp³-hybridized carbons (Fsp3) is 0.667. The Morgan fingerprint density at radius 3 is 2.60 bits per heavy atom. The van der Waals surface area contributed by atoms with Crippen LogP contribution in [-0.2, 0) is 0 Å². The van der Waals surface area contributed by atoms with Crippen molar-refractivity contribution in [1.82, 2.24) is 10.2 Å². The third kappa shape index (κ3) is 2.64. The minimum atomic E-state index is 0.328. The zero-order valence-electron chi connectivity index (χ0n) is 13.1. The SMILES string of the molecule is CCC(C)N1CC(C)(C2CC2)NCC1c1ccccc1. The second-order valence-corrected chi connectivity index (χ2v) is 6.93. The van der Waals surface area contributed by atoms with Gasteiger partial charge in [0.15, 0.2) is 0 Å². The van der Waals surface area contributed by atoms with Crippen molar-refractivity contribution in [1.29, 1.82) is 0 Å². The molecular weight excluding hydrogens is 244 g/mol. The first-order valence-corrected chi connectivity index (χ1v) is 8.20. The van der Waals surface area contributed by atoms with Gasteiger partial charge in [-0.05, 0) is 44.6 Å². The lowest BCUT2D eigenvalue weighted by Crippen LogP contribution is -2.62. The molecule has 1 aromatic rings. The summed E-state index contributed by atoms with van der Waals surface area (Å²) in [6.45, 7) is 9.40. The first-order valence-electron chi connectivity index (χ1n) is 8.20. The molecule has 3 atom stereocenters. The Morgan fingerprint density at radius 1 is 1.30 bits per heavy atom. The molecule has 1 N–H and O–H groups in total. The molecule has 2 fully saturated rings. The molecule has 1 aliphatic heterocycles. The molecule has 0 aromatic heterocycles. The molecule has 3 unspecified atom stereocenters. The van der Waals surface area contributed by atoms with Gasteiger partial charge in [-0.25, -0.2) is 0 Å². The van der Waals surface area contributed by atoms with Crippen LogP contribution in [0.5, 0.6) is 0 Å². The zero-order valence-corrected chi connectivity index (χ0v) is 13.1. The molecule has 20 heavy (non-hydrogen) atoms. The van der Waals surface area contributed by atoms with E-state index in [1.165, 1.54) is 31.4 Å². The van der Waals surface area contributed by atoms with Crippen LogP contribution in [0.1, 0.15) is 51.6 Å². The predicted molar refractivity (Wildman–Crippen MR) is 84.8 cm³/mol. The number of piperazine rings is 1. The molecule has 3 rings (SSSR count). The zero-order chi connectivity index (χ0) is 14.2. The molecular formula is C18H28N2. The Morgan fingerprint density at radius 2 is 2.00 bits per heavy atom. The number of nitrogens with zero attached hydrogens (tertiary/aromatic N) is 1. The van der Waals surface area contributed by atoms with Crippen LogP contribution in [0.25, 0.3) is 0 Å². The Labute approximate surface area is 123 Å². The highest BCUT2D eigenvalue weighted by Crippen LogP contribution is 2.43. The highest BCUT2D eigenvalue weighted by Gasteiger charge is 2.46. The van der Waals surface area contributed by atoms with Crippen molar-refractivity contribution in [2.24, 2.45) is 5.92 Å². The fourth-order valence-corrected chi connectivity index (χ4v) is 3.67. The van der Waals surface area contributed by atoms with Gasteiger partial charge in [0.2, 0.25) is 0 Å². The Balaban J connectivity index is 1.83. The highest BCUT2D eigenvalue weighted by molar-refractivity contribution is 5.21. The maximum atomic E-state index is 3.87. The third-order valence-corrected chi connectivity index (χ3v) is 5.43. The van der Waals surface area contributed by atoms with Gasteiger partial charge in [0, 0.05) is 30.7 Å². The monoisotopic (exact) mass is 272 g/mol. The summed E-state index contributed by atoms with van der Waals surface area (Å²) in [6.07, 6.45) is 4.05. The van der Waals surface area contributed by atoms with Gasteiger partial charge in [-0.2, -0.15) is 0 Å². The van der Waals surface area contributed by atoms with Gasteiger partial charge < -0.3 is 5.32 Å². The second-order valence-electron chi connectivity index (χ2n) is 6.93. The number of rotatable bonds is 4. The molecule has 1 saturated carbocycles. The predicted octanol–water partition coefficient (Wildman–Crippen LogP) is 3.60. The quantitative estimate of drug-likeness (QED) is 0.901. The molecule has 2 aliphatic rings. The Hall–Kier alpha value is -0.860. The number of hydrogen-bond acceptors (Lipinski definition) is 2. The molecule has 1 aliphatic carbocycles. The number of benzene rings is 1. The molecule has 110 valence electrons. The lowest BCUT2D eigenvalue weighted by atomic mass is 9.88. The summed E-state index contributed by atoms with van der Waals surface area (Å²) >= 11 is 0. The molecule has 1 saturated heterocycles. The molecule has 0 radical (unpaired) electrons. The van der Waals surface area contributed by atoms with Gasteiger partial charge in [0.25, 0.3) is 0 Å². The van der Waals surface area contributed by atoms with E-state index in [0.29, 0.717) is 17.6 Å². The topological polar surface area (TPSA) is 15.3 Å². The lowest BCUT2D eigenvalue weighted by Gasteiger charge is -2.49. The molecule has 2 heteroatoms. The van der Waals surface area contributed by atoms with Gasteiger partial charge in [0.05, 0.1) is 0 Å². The van der Waals surface area contributed by atoms with Crippen LogP contribution in [0.2, 0.25) is 0 Å². The molecule has 0 amide bonds. The average molecular weight is 272 g/mol. The van der Waals surface area contributed by atoms with Crippen LogP contribution in [-0.4, -0.2) is 29.6 Å². The molecule has 1 heterocycles. The lowest BCUT2D eigenvalue weighted by molar-refractivity contribution is 0.0421. The van der Waals surface area contributed by atoms with Crippen LogP contribution >= 0.6 is 0 Å². The van der Waals surface area contributed by atoms with Gasteiger partial charge in [-0.1, -0.05) is 37.3 Å². The summed E-state index contributed by atoms with van der Waals surface area (Å²) in [5.41, 5.74) is 1.78. The van der Waals surface area contributed by atoms with E-state index in [1.54, 1.807) is 0 Å². The molecule has 0 spiro atoms. The minimum absolute atomic E-state index is 0.328. The van der Waals surface area contributed by atoms with Gasteiger partial charge >= 0.3 is 0 Å². The third-order valence-electron chi connectivity index (χ3n) is 5.43. The molecule has 0 bridgehead atoms. The van der Waals surface area contributed by atoms with Gasteiger partial charge in [-0.3, -0.25) is 4.90 Å². The molecule has 1 aromatic carbocycles. The number of nitrogens with one attached hydrogen (secondary N) is 1. The summed E-state index contributed by atoms with van der Waals surface area (Å²) in [5.74, 6) is 0.894. The Kier molecular flexibility index (Phi) is 3.87. The van der Waals surface area contributed by atoms with Crippen LogP contribution in [0.3, 0.4) is 0 Å². The summed E-state index contributed by atoms with van der Waals surface area (Å²) in [6, 6.07) is 12.2. The summed E-state index contributed by atoms with van der Waals surface area (Å²) < 4.78 is 0. The van der Waals surface area contributed by atoms with E-state index in [9.17, 15) is 0 Å². The van der Waals surface area contributed by atoms with Crippen molar-refractivity contribution in [3.05, 3.63) is 35.9 Å². The Bertz CT molecular complexity index is 440. The van der Waals surface area contributed by atoms with Gasteiger partial charge in [0.1, 0.15) is 0 Å². The van der Waals surface area contributed by atoms with E-state index in [4.69, 9.17) is 0 Å².